The van der Waals surface area contributed by atoms with Crippen molar-refractivity contribution < 1.29 is 14.7 Å². The van der Waals surface area contributed by atoms with Gasteiger partial charge in [-0.2, -0.15) is 0 Å². The van der Waals surface area contributed by atoms with E-state index < -0.39 is 0 Å². The Morgan fingerprint density at radius 1 is 1.24 bits per heavy atom. The lowest BCUT2D eigenvalue weighted by Gasteiger charge is -2.20. The SMILES string of the molecule is C=C(CCNC=O)C(=C)CC(C)(C)C.O=CO. The number of rotatable bonds is 6. The monoisotopic (exact) mass is 241 g/mol. The highest BCUT2D eigenvalue weighted by Crippen LogP contribution is 2.27. The highest BCUT2D eigenvalue weighted by atomic mass is 16.3. The average Bonchev–Trinajstić information content (AvgIpc) is 2.16. The van der Waals surface area contributed by atoms with Crippen LogP contribution < -0.4 is 5.32 Å². The van der Waals surface area contributed by atoms with Crippen LogP contribution in [0.3, 0.4) is 0 Å². The molecule has 2 N–H and O–H groups in total. The van der Waals surface area contributed by atoms with Gasteiger partial charge in [-0.15, -0.1) is 0 Å². The van der Waals surface area contributed by atoms with E-state index in [1.807, 2.05) is 0 Å². The molecule has 0 aromatic rings. The second-order valence-electron chi connectivity index (χ2n) is 4.87. The van der Waals surface area contributed by atoms with E-state index >= 15 is 0 Å². The minimum absolute atomic E-state index is 0.248. The lowest BCUT2D eigenvalue weighted by atomic mass is 9.85. The minimum Gasteiger partial charge on any atom is -0.483 e. The van der Waals surface area contributed by atoms with Gasteiger partial charge in [0.15, 0.2) is 0 Å². The standard InChI is InChI=1S/C12H21NO.CH2O2/c1-10(6-7-13-9-14)11(2)8-12(3,4)5;2-1-3/h9H,1-2,6-8H2,3-5H3,(H,13,14);1H,(H,2,3). The fraction of sp³-hybridized carbons (Fsp3) is 0.538. The highest BCUT2D eigenvalue weighted by Gasteiger charge is 2.13. The highest BCUT2D eigenvalue weighted by molar-refractivity contribution is 5.46. The summed E-state index contributed by atoms with van der Waals surface area (Å²) in [6.07, 6.45) is 2.44. The van der Waals surface area contributed by atoms with Gasteiger partial charge in [0.1, 0.15) is 0 Å². The molecular formula is C13H23NO3. The molecule has 0 fully saturated rings. The quantitative estimate of drug-likeness (QED) is 0.426. The Bertz CT molecular complexity index is 264. The zero-order valence-electron chi connectivity index (χ0n) is 11.0. The molecule has 0 aliphatic rings. The number of hydrogen-bond donors (Lipinski definition) is 2. The van der Waals surface area contributed by atoms with Crippen LogP contribution in [0, 0.1) is 5.41 Å². The largest absolute Gasteiger partial charge is 0.483 e. The van der Waals surface area contributed by atoms with Crippen molar-refractivity contribution in [3.8, 4) is 0 Å². The lowest BCUT2D eigenvalue weighted by Crippen LogP contribution is -2.14. The first kappa shape index (κ1) is 17.8. The van der Waals surface area contributed by atoms with Crippen LogP contribution in [0.25, 0.3) is 0 Å². The van der Waals surface area contributed by atoms with Crippen molar-refractivity contribution in [2.24, 2.45) is 5.41 Å². The van der Waals surface area contributed by atoms with E-state index in [0.717, 1.165) is 24.0 Å². The van der Waals surface area contributed by atoms with E-state index in [-0.39, 0.29) is 11.9 Å². The number of carbonyl (C=O) groups excluding carboxylic acids is 1. The Morgan fingerprint density at radius 3 is 2.06 bits per heavy atom. The van der Waals surface area contributed by atoms with Crippen LogP contribution in [0.2, 0.25) is 0 Å². The zero-order valence-corrected chi connectivity index (χ0v) is 11.0. The summed E-state index contributed by atoms with van der Waals surface area (Å²) in [6.45, 7) is 14.9. The molecule has 0 saturated carbocycles. The predicted molar refractivity (Wildman–Crippen MR) is 69.7 cm³/mol. The first-order valence-corrected chi connectivity index (χ1v) is 5.39. The van der Waals surface area contributed by atoms with Crippen LogP contribution in [0.15, 0.2) is 24.3 Å². The normalized spacial score (nSPS) is 9.59. The van der Waals surface area contributed by atoms with E-state index in [2.05, 4.69) is 39.2 Å². The van der Waals surface area contributed by atoms with Gasteiger partial charge < -0.3 is 10.4 Å². The Morgan fingerprint density at radius 2 is 1.71 bits per heavy atom. The maximum Gasteiger partial charge on any atom is 0.290 e. The van der Waals surface area contributed by atoms with Gasteiger partial charge in [0.2, 0.25) is 6.41 Å². The molecule has 0 spiro atoms. The molecule has 0 rings (SSSR count). The van der Waals surface area contributed by atoms with Gasteiger partial charge in [-0.25, -0.2) is 0 Å². The first-order chi connectivity index (χ1) is 7.78. The first-order valence-electron chi connectivity index (χ1n) is 5.39. The predicted octanol–water partition coefficient (Wildman–Crippen LogP) is 2.37. The molecule has 0 aromatic heterocycles. The van der Waals surface area contributed by atoms with Gasteiger partial charge in [-0.1, -0.05) is 45.1 Å². The van der Waals surface area contributed by atoms with Crippen LogP contribution in [0.5, 0.6) is 0 Å². The summed E-state index contributed by atoms with van der Waals surface area (Å²) in [6, 6.07) is 0. The molecule has 0 unspecified atom stereocenters. The van der Waals surface area contributed by atoms with Crippen LogP contribution in [-0.4, -0.2) is 24.5 Å². The molecule has 0 saturated heterocycles. The lowest BCUT2D eigenvalue weighted by molar-refractivity contribution is -0.122. The second-order valence-corrected chi connectivity index (χ2v) is 4.87. The van der Waals surface area contributed by atoms with Crippen molar-refractivity contribution in [3.63, 3.8) is 0 Å². The van der Waals surface area contributed by atoms with E-state index in [1.54, 1.807) is 0 Å². The Hall–Kier alpha value is -1.58. The van der Waals surface area contributed by atoms with Gasteiger partial charge in [0, 0.05) is 6.54 Å². The number of carboxylic acid groups (broad SMARTS) is 1. The number of amides is 1. The van der Waals surface area contributed by atoms with Crippen LogP contribution in [-0.2, 0) is 9.59 Å². The van der Waals surface area contributed by atoms with Crippen LogP contribution >= 0.6 is 0 Å². The molecule has 0 aliphatic heterocycles. The van der Waals surface area contributed by atoms with Gasteiger partial charge in [-0.05, 0) is 18.3 Å². The van der Waals surface area contributed by atoms with E-state index in [1.165, 1.54) is 0 Å². The minimum atomic E-state index is -0.250. The molecule has 17 heavy (non-hydrogen) atoms. The number of hydrogen-bond acceptors (Lipinski definition) is 2. The van der Waals surface area contributed by atoms with Crippen LogP contribution in [0.1, 0.15) is 33.6 Å². The summed E-state index contributed by atoms with van der Waals surface area (Å²) in [4.78, 5) is 18.4. The van der Waals surface area contributed by atoms with Crippen molar-refractivity contribution in [2.45, 2.75) is 33.6 Å². The van der Waals surface area contributed by atoms with Gasteiger partial charge in [0.05, 0.1) is 0 Å². The molecule has 4 heteroatoms. The van der Waals surface area contributed by atoms with Crippen molar-refractivity contribution in [1.82, 2.24) is 5.32 Å². The summed E-state index contributed by atoms with van der Waals surface area (Å²) in [5.41, 5.74) is 2.37. The number of allylic oxidation sites excluding steroid dienone is 1. The number of nitrogens with one attached hydrogen (secondary N) is 1. The molecule has 0 heterocycles. The second kappa shape index (κ2) is 9.63. The van der Waals surface area contributed by atoms with E-state index in [0.29, 0.717) is 13.0 Å². The molecule has 0 bridgehead atoms. The summed E-state index contributed by atoms with van der Waals surface area (Å²) < 4.78 is 0. The third kappa shape index (κ3) is 14.4. The van der Waals surface area contributed by atoms with Gasteiger partial charge in [0.25, 0.3) is 6.47 Å². The zero-order chi connectivity index (χ0) is 13.9. The fourth-order valence-electron chi connectivity index (χ4n) is 1.22. The van der Waals surface area contributed by atoms with E-state index in [9.17, 15) is 4.79 Å². The fourth-order valence-corrected chi connectivity index (χ4v) is 1.22. The van der Waals surface area contributed by atoms with Gasteiger partial charge >= 0.3 is 0 Å². The topological polar surface area (TPSA) is 66.4 Å². The maximum atomic E-state index is 10.0. The Kier molecular flexibility index (Phi) is 10.1. The third-order valence-electron chi connectivity index (χ3n) is 1.90. The summed E-state index contributed by atoms with van der Waals surface area (Å²) in [7, 11) is 0. The molecule has 0 aliphatic carbocycles. The molecule has 0 atom stereocenters. The molecule has 0 aromatic carbocycles. The van der Waals surface area contributed by atoms with Crippen LogP contribution in [0.4, 0.5) is 0 Å². The molecule has 0 radical (unpaired) electrons. The summed E-state index contributed by atoms with van der Waals surface area (Å²) >= 11 is 0. The maximum absolute atomic E-state index is 10.0. The molecule has 98 valence electrons. The van der Waals surface area contributed by atoms with Crippen molar-refractivity contribution in [2.75, 3.05) is 6.54 Å². The smallest absolute Gasteiger partial charge is 0.290 e. The van der Waals surface area contributed by atoms with Gasteiger partial charge in [-0.3, -0.25) is 9.59 Å². The van der Waals surface area contributed by atoms with Crippen molar-refractivity contribution >= 4 is 12.9 Å². The molecule has 4 nitrogen and oxygen atoms in total. The Labute approximate surface area is 103 Å². The summed E-state index contributed by atoms with van der Waals surface area (Å²) in [5, 5.41) is 9.50. The molecular weight excluding hydrogens is 218 g/mol. The summed E-state index contributed by atoms with van der Waals surface area (Å²) in [5.74, 6) is 0. The van der Waals surface area contributed by atoms with Crippen molar-refractivity contribution in [3.05, 3.63) is 24.3 Å². The Balaban J connectivity index is 0. The molecule has 1 amide bonds. The average molecular weight is 241 g/mol. The van der Waals surface area contributed by atoms with E-state index in [4.69, 9.17) is 9.90 Å². The van der Waals surface area contributed by atoms with Crippen molar-refractivity contribution in [1.29, 1.82) is 0 Å². The number of carbonyl (C=O) groups is 2. The third-order valence-corrected chi connectivity index (χ3v) is 1.90.